The van der Waals surface area contributed by atoms with Gasteiger partial charge >= 0.3 is 5.51 Å². The molecule has 0 radical (unpaired) electrons. The summed E-state index contributed by atoms with van der Waals surface area (Å²) in [6.45, 7) is 4.22. The van der Waals surface area contributed by atoms with Crippen molar-refractivity contribution in [2.45, 2.75) is 24.3 Å². The van der Waals surface area contributed by atoms with Gasteiger partial charge in [-0.1, -0.05) is 13.8 Å². The minimum atomic E-state index is -4.33. The summed E-state index contributed by atoms with van der Waals surface area (Å²) in [7, 11) is 0. The largest absolute Gasteiger partial charge is 0.446 e. The Labute approximate surface area is 113 Å². The maximum Gasteiger partial charge on any atom is 0.446 e. The van der Waals surface area contributed by atoms with Crippen molar-refractivity contribution in [3.63, 3.8) is 0 Å². The van der Waals surface area contributed by atoms with Crippen LogP contribution in [0, 0.1) is 5.92 Å². The molecule has 0 saturated carbocycles. The maximum absolute atomic E-state index is 12.1. The van der Waals surface area contributed by atoms with Crippen LogP contribution in [-0.2, 0) is 4.84 Å². The summed E-state index contributed by atoms with van der Waals surface area (Å²) in [5, 5.41) is 0. The van der Waals surface area contributed by atoms with Crippen molar-refractivity contribution in [2.24, 2.45) is 5.92 Å². The lowest BCUT2D eigenvalue weighted by molar-refractivity contribution is -0.0328. The van der Waals surface area contributed by atoms with E-state index in [-0.39, 0.29) is 28.1 Å². The molecular formula is C12H14F3NO2S. The Kier molecular flexibility index (Phi) is 5.68. The standard InChI is InChI=1S/C12H14F3NO2S/c1-8(2)7-18-16-11(17)9-3-5-10(6-4-9)19-12(13,14)15/h3-6,8H,7H2,1-2H3,(H,16,17). The molecule has 1 amide bonds. The van der Waals surface area contributed by atoms with Crippen molar-refractivity contribution in [1.29, 1.82) is 0 Å². The molecule has 1 aromatic rings. The lowest BCUT2D eigenvalue weighted by Crippen LogP contribution is -2.25. The number of thioether (sulfide) groups is 1. The van der Waals surface area contributed by atoms with Gasteiger partial charge in [0.2, 0.25) is 0 Å². The Morgan fingerprint density at radius 1 is 1.32 bits per heavy atom. The predicted octanol–water partition coefficient (Wildman–Crippen LogP) is 3.62. The Morgan fingerprint density at radius 3 is 2.37 bits per heavy atom. The van der Waals surface area contributed by atoms with Crippen LogP contribution in [-0.4, -0.2) is 18.0 Å². The number of halogens is 3. The van der Waals surface area contributed by atoms with E-state index in [0.29, 0.717) is 6.61 Å². The molecule has 106 valence electrons. The Bertz CT molecular complexity index is 418. The molecule has 0 aliphatic heterocycles. The fraction of sp³-hybridized carbons (Fsp3) is 0.417. The molecule has 0 heterocycles. The Hall–Kier alpha value is -1.21. The minimum absolute atomic E-state index is 0.0344. The molecule has 0 unspecified atom stereocenters. The van der Waals surface area contributed by atoms with Crippen molar-refractivity contribution >= 4 is 17.7 Å². The maximum atomic E-state index is 12.1. The van der Waals surface area contributed by atoms with Crippen LogP contribution in [0.3, 0.4) is 0 Å². The van der Waals surface area contributed by atoms with Gasteiger partial charge in [-0.15, -0.1) is 0 Å². The number of carbonyl (C=O) groups is 1. The van der Waals surface area contributed by atoms with Gasteiger partial charge in [-0.3, -0.25) is 9.63 Å². The monoisotopic (exact) mass is 293 g/mol. The highest BCUT2D eigenvalue weighted by Crippen LogP contribution is 2.36. The number of nitrogens with one attached hydrogen (secondary N) is 1. The van der Waals surface area contributed by atoms with E-state index in [1.54, 1.807) is 0 Å². The molecule has 0 saturated heterocycles. The second kappa shape index (κ2) is 6.81. The lowest BCUT2D eigenvalue weighted by Gasteiger charge is -2.08. The third-order valence-electron chi connectivity index (χ3n) is 1.93. The van der Waals surface area contributed by atoms with Gasteiger partial charge in [0.1, 0.15) is 0 Å². The zero-order valence-corrected chi connectivity index (χ0v) is 11.3. The van der Waals surface area contributed by atoms with Crippen LogP contribution in [0.15, 0.2) is 29.2 Å². The third-order valence-corrected chi connectivity index (χ3v) is 2.67. The summed E-state index contributed by atoms with van der Waals surface area (Å²) in [6, 6.07) is 5.13. The van der Waals surface area contributed by atoms with Gasteiger partial charge in [-0.25, -0.2) is 5.48 Å². The molecule has 3 nitrogen and oxygen atoms in total. The van der Waals surface area contributed by atoms with Crippen molar-refractivity contribution in [3.05, 3.63) is 29.8 Å². The molecule has 19 heavy (non-hydrogen) atoms. The van der Waals surface area contributed by atoms with Gasteiger partial charge < -0.3 is 0 Å². The molecule has 0 atom stereocenters. The first-order chi connectivity index (χ1) is 8.78. The molecule has 1 rings (SSSR count). The minimum Gasteiger partial charge on any atom is -0.273 e. The van der Waals surface area contributed by atoms with Gasteiger partial charge in [0.25, 0.3) is 5.91 Å². The van der Waals surface area contributed by atoms with E-state index in [1.165, 1.54) is 24.3 Å². The number of rotatable bonds is 5. The van der Waals surface area contributed by atoms with Crippen molar-refractivity contribution < 1.29 is 22.8 Å². The van der Waals surface area contributed by atoms with E-state index >= 15 is 0 Å². The molecule has 0 fully saturated rings. The third kappa shape index (κ3) is 6.49. The normalized spacial score (nSPS) is 11.7. The summed E-state index contributed by atoms with van der Waals surface area (Å²) >= 11 is -0.220. The van der Waals surface area contributed by atoms with Crippen LogP contribution in [0.2, 0.25) is 0 Å². The van der Waals surface area contributed by atoms with E-state index in [4.69, 9.17) is 4.84 Å². The average molecular weight is 293 g/mol. The summed E-state index contributed by atoms with van der Waals surface area (Å²) in [6.07, 6.45) is 0. The quantitative estimate of drug-likeness (QED) is 0.665. The SMILES string of the molecule is CC(C)CONC(=O)c1ccc(SC(F)(F)F)cc1. The summed E-state index contributed by atoms with van der Waals surface area (Å²) < 4.78 is 36.3. The molecule has 1 N–H and O–H groups in total. The highest BCUT2D eigenvalue weighted by Gasteiger charge is 2.29. The van der Waals surface area contributed by atoms with Crippen LogP contribution in [0.4, 0.5) is 13.2 Å². The number of benzene rings is 1. The molecule has 0 aliphatic carbocycles. The smallest absolute Gasteiger partial charge is 0.273 e. The average Bonchev–Trinajstić information content (AvgIpc) is 2.27. The summed E-state index contributed by atoms with van der Waals surface area (Å²) in [5.41, 5.74) is -1.85. The fourth-order valence-electron chi connectivity index (χ4n) is 1.14. The van der Waals surface area contributed by atoms with Crippen molar-refractivity contribution in [3.8, 4) is 0 Å². The number of hydrogen-bond acceptors (Lipinski definition) is 3. The Morgan fingerprint density at radius 2 is 1.89 bits per heavy atom. The number of amides is 1. The number of hydroxylamine groups is 1. The van der Waals surface area contributed by atoms with Crippen LogP contribution >= 0.6 is 11.8 Å². The summed E-state index contributed by atoms with van der Waals surface area (Å²) in [5.74, 6) is -0.213. The zero-order valence-electron chi connectivity index (χ0n) is 10.5. The number of hydrogen-bond donors (Lipinski definition) is 1. The van der Waals surface area contributed by atoms with Crippen LogP contribution < -0.4 is 5.48 Å². The molecule has 0 aromatic heterocycles. The first-order valence-electron chi connectivity index (χ1n) is 5.56. The molecule has 0 bridgehead atoms. The first-order valence-corrected chi connectivity index (χ1v) is 6.37. The molecule has 0 aliphatic rings. The van der Waals surface area contributed by atoms with E-state index in [2.05, 4.69) is 5.48 Å². The van der Waals surface area contributed by atoms with E-state index in [9.17, 15) is 18.0 Å². The first kappa shape index (κ1) is 15.8. The van der Waals surface area contributed by atoms with E-state index < -0.39 is 11.4 Å². The highest BCUT2D eigenvalue weighted by atomic mass is 32.2. The van der Waals surface area contributed by atoms with Crippen LogP contribution in [0.25, 0.3) is 0 Å². The van der Waals surface area contributed by atoms with Gasteiger partial charge in [0.15, 0.2) is 0 Å². The van der Waals surface area contributed by atoms with Crippen molar-refractivity contribution in [2.75, 3.05) is 6.61 Å². The second-order valence-corrected chi connectivity index (χ2v) is 5.35. The predicted molar refractivity (Wildman–Crippen MR) is 66.6 cm³/mol. The van der Waals surface area contributed by atoms with Gasteiger partial charge in [0.05, 0.1) is 6.61 Å². The van der Waals surface area contributed by atoms with Crippen molar-refractivity contribution in [1.82, 2.24) is 5.48 Å². The molecule has 1 aromatic carbocycles. The van der Waals surface area contributed by atoms with E-state index in [0.717, 1.165) is 0 Å². The van der Waals surface area contributed by atoms with Gasteiger partial charge in [-0.2, -0.15) is 13.2 Å². The molecule has 0 spiro atoms. The van der Waals surface area contributed by atoms with Crippen LogP contribution in [0.1, 0.15) is 24.2 Å². The second-order valence-electron chi connectivity index (χ2n) is 4.21. The summed E-state index contributed by atoms with van der Waals surface area (Å²) in [4.78, 5) is 16.5. The molecule has 7 heteroatoms. The topological polar surface area (TPSA) is 38.3 Å². The van der Waals surface area contributed by atoms with Gasteiger partial charge in [-0.05, 0) is 41.9 Å². The number of alkyl halides is 3. The van der Waals surface area contributed by atoms with Gasteiger partial charge in [0, 0.05) is 10.5 Å². The highest BCUT2D eigenvalue weighted by molar-refractivity contribution is 8.00. The Balaban J connectivity index is 2.53. The fourth-order valence-corrected chi connectivity index (χ4v) is 1.68. The lowest BCUT2D eigenvalue weighted by atomic mass is 10.2. The van der Waals surface area contributed by atoms with Crippen LogP contribution in [0.5, 0.6) is 0 Å². The number of carbonyl (C=O) groups excluding carboxylic acids is 1. The molecular weight excluding hydrogens is 279 g/mol. The zero-order chi connectivity index (χ0) is 14.5. The van der Waals surface area contributed by atoms with E-state index in [1.807, 2.05) is 13.8 Å².